The highest BCUT2D eigenvalue weighted by atomic mass is 35.5. The first-order valence-corrected chi connectivity index (χ1v) is 6.96. The number of halogens is 2. The van der Waals surface area contributed by atoms with Crippen LogP contribution in [0, 0.1) is 0 Å². The van der Waals surface area contributed by atoms with Gasteiger partial charge >= 0.3 is 0 Å². The fraction of sp³-hybridized carbons (Fsp3) is 0.200. The van der Waals surface area contributed by atoms with Gasteiger partial charge in [0.05, 0.1) is 5.02 Å². The molecule has 2 N–H and O–H groups in total. The molecule has 0 aliphatic heterocycles. The third-order valence-electron chi connectivity index (χ3n) is 1.85. The lowest BCUT2D eigenvalue weighted by atomic mass is 10.2. The van der Waals surface area contributed by atoms with E-state index in [1.807, 2.05) is 12.2 Å². The lowest BCUT2D eigenvalue weighted by Gasteiger charge is -2.02. The van der Waals surface area contributed by atoms with Crippen LogP contribution in [-0.4, -0.2) is 14.3 Å². The summed E-state index contributed by atoms with van der Waals surface area (Å²) in [6.45, 7) is 0. The monoisotopic (exact) mass is 279 g/mol. The summed E-state index contributed by atoms with van der Waals surface area (Å²) in [6, 6.07) is 4.57. The third kappa shape index (κ3) is 3.79. The fourth-order valence-corrected chi connectivity index (χ4v) is 2.36. The van der Waals surface area contributed by atoms with Gasteiger partial charge in [-0.2, -0.15) is 0 Å². The molecule has 6 heteroatoms. The summed E-state index contributed by atoms with van der Waals surface area (Å²) in [6.07, 6.45) is 4.45. The maximum Gasteiger partial charge on any atom is 0.239 e. The molecular formula is C10H11Cl2NO2S. The van der Waals surface area contributed by atoms with E-state index in [9.17, 15) is 8.42 Å². The van der Waals surface area contributed by atoms with E-state index < -0.39 is 10.0 Å². The molecule has 0 bridgehead atoms. The first-order valence-electron chi connectivity index (χ1n) is 4.50. The Morgan fingerprint density at radius 3 is 2.56 bits per heavy atom. The smallest absolute Gasteiger partial charge is 0.225 e. The molecule has 16 heavy (non-hydrogen) atoms. The molecule has 1 aromatic rings. The van der Waals surface area contributed by atoms with Crippen LogP contribution in [0.15, 0.2) is 29.2 Å². The van der Waals surface area contributed by atoms with E-state index in [0.717, 1.165) is 12.0 Å². The normalized spacial score (nSPS) is 12.2. The summed E-state index contributed by atoms with van der Waals surface area (Å²) in [5.74, 6) is 0.541. The van der Waals surface area contributed by atoms with E-state index in [-0.39, 0.29) is 9.92 Å². The van der Waals surface area contributed by atoms with Gasteiger partial charge in [-0.05, 0) is 24.1 Å². The second-order valence-corrected chi connectivity index (χ2v) is 5.43. The molecule has 0 unspecified atom stereocenters. The molecule has 0 spiro atoms. The van der Waals surface area contributed by atoms with Crippen LogP contribution in [0.2, 0.25) is 5.02 Å². The van der Waals surface area contributed by atoms with E-state index in [4.69, 9.17) is 28.3 Å². The van der Waals surface area contributed by atoms with E-state index in [1.165, 1.54) is 6.07 Å². The van der Waals surface area contributed by atoms with Crippen LogP contribution >= 0.6 is 23.2 Å². The highest BCUT2D eigenvalue weighted by molar-refractivity contribution is 7.89. The van der Waals surface area contributed by atoms with E-state index in [1.54, 1.807) is 12.1 Å². The summed E-state index contributed by atoms with van der Waals surface area (Å²) < 4.78 is 22.2. The van der Waals surface area contributed by atoms with Crippen LogP contribution in [0.5, 0.6) is 0 Å². The quantitative estimate of drug-likeness (QED) is 0.862. The second-order valence-electron chi connectivity index (χ2n) is 3.11. The number of alkyl halides is 1. The highest BCUT2D eigenvalue weighted by Crippen LogP contribution is 2.22. The van der Waals surface area contributed by atoms with Crippen molar-refractivity contribution in [1.29, 1.82) is 0 Å². The molecule has 1 rings (SSSR count). The predicted molar refractivity (Wildman–Crippen MR) is 67.2 cm³/mol. The number of allylic oxidation sites excluding steroid dienone is 1. The van der Waals surface area contributed by atoms with Gasteiger partial charge in [-0.15, -0.1) is 11.6 Å². The van der Waals surface area contributed by atoms with Crippen LogP contribution in [0.4, 0.5) is 0 Å². The van der Waals surface area contributed by atoms with E-state index >= 15 is 0 Å². The highest BCUT2D eigenvalue weighted by Gasteiger charge is 2.12. The third-order valence-corrected chi connectivity index (χ3v) is 3.46. The Hall–Kier alpha value is -0.550. The van der Waals surface area contributed by atoms with Crippen molar-refractivity contribution in [2.24, 2.45) is 5.14 Å². The zero-order valence-electron chi connectivity index (χ0n) is 8.36. The summed E-state index contributed by atoms with van der Waals surface area (Å²) in [5.41, 5.74) is 0.808. The molecule has 0 radical (unpaired) electrons. The minimum Gasteiger partial charge on any atom is -0.225 e. The Morgan fingerprint density at radius 2 is 2.06 bits per heavy atom. The first-order chi connectivity index (χ1) is 7.45. The van der Waals surface area contributed by atoms with Crippen LogP contribution in [0.1, 0.15) is 12.0 Å². The molecule has 0 amide bonds. The number of rotatable bonds is 4. The van der Waals surface area contributed by atoms with E-state index in [0.29, 0.717) is 5.88 Å². The molecule has 1 aromatic carbocycles. The average Bonchev–Trinajstić information content (AvgIpc) is 2.16. The van der Waals surface area contributed by atoms with Crippen LogP contribution in [-0.2, 0) is 10.0 Å². The molecular weight excluding hydrogens is 269 g/mol. The summed E-state index contributed by atoms with van der Waals surface area (Å²) in [7, 11) is -3.75. The van der Waals surface area contributed by atoms with Gasteiger partial charge in [0.2, 0.25) is 10.0 Å². The van der Waals surface area contributed by atoms with Gasteiger partial charge in [0, 0.05) is 5.88 Å². The van der Waals surface area contributed by atoms with Crippen molar-refractivity contribution in [2.45, 2.75) is 11.3 Å². The topological polar surface area (TPSA) is 60.2 Å². The SMILES string of the molecule is NS(=O)(=O)c1ccc(C=CCCCl)cc1Cl. The molecule has 0 aliphatic carbocycles. The van der Waals surface area contributed by atoms with Gasteiger partial charge in [0.1, 0.15) is 4.90 Å². The van der Waals surface area contributed by atoms with Crippen molar-refractivity contribution in [3.05, 3.63) is 34.9 Å². The number of primary sulfonamides is 1. The summed E-state index contributed by atoms with van der Waals surface area (Å²) in [5, 5.41) is 5.10. The average molecular weight is 280 g/mol. The van der Waals surface area contributed by atoms with Crippen molar-refractivity contribution < 1.29 is 8.42 Å². The molecule has 3 nitrogen and oxygen atoms in total. The lowest BCUT2D eigenvalue weighted by Crippen LogP contribution is -2.12. The number of sulfonamides is 1. The molecule has 0 atom stereocenters. The molecule has 0 saturated heterocycles. The standard InChI is InChI=1S/C10H11Cl2NO2S/c11-6-2-1-3-8-4-5-10(9(12)7-8)16(13,14)15/h1,3-5,7H,2,6H2,(H2,13,14,15). The van der Waals surface area contributed by atoms with Gasteiger partial charge < -0.3 is 0 Å². The first kappa shape index (κ1) is 13.5. The number of benzene rings is 1. The van der Waals surface area contributed by atoms with E-state index in [2.05, 4.69) is 0 Å². The van der Waals surface area contributed by atoms with Gasteiger partial charge in [-0.3, -0.25) is 0 Å². The van der Waals surface area contributed by atoms with Crippen molar-refractivity contribution in [1.82, 2.24) is 0 Å². The molecule has 0 heterocycles. The molecule has 88 valence electrons. The minimum atomic E-state index is -3.75. The minimum absolute atomic E-state index is 0.0661. The predicted octanol–water partition coefficient (Wildman–Crippen LogP) is 2.63. The Kier molecular flexibility index (Phi) is 4.80. The second kappa shape index (κ2) is 5.68. The summed E-state index contributed by atoms with van der Waals surface area (Å²) in [4.78, 5) is -0.0661. The van der Waals surface area contributed by atoms with Crippen molar-refractivity contribution >= 4 is 39.3 Å². The maximum absolute atomic E-state index is 11.1. The Labute approximate surface area is 105 Å². The van der Waals surface area contributed by atoms with Crippen molar-refractivity contribution in [3.63, 3.8) is 0 Å². The fourth-order valence-electron chi connectivity index (χ4n) is 1.13. The molecule has 0 fully saturated rings. The van der Waals surface area contributed by atoms with Crippen LogP contribution in [0.25, 0.3) is 6.08 Å². The lowest BCUT2D eigenvalue weighted by molar-refractivity contribution is 0.598. The maximum atomic E-state index is 11.1. The molecule has 0 aliphatic rings. The number of hydrogen-bond donors (Lipinski definition) is 1. The van der Waals surface area contributed by atoms with Crippen LogP contribution in [0.3, 0.4) is 0 Å². The van der Waals surface area contributed by atoms with Gasteiger partial charge in [-0.1, -0.05) is 29.8 Å². The Morgan fingerprint density at radius 1 is 1.38 bits per heavy atom. The zero-order chi connectivity index (χ0) is 12.2. The molecule has 0 saturated carbocycles. The van der Waals surface area contributed by atoms with Crippen molar-refractivity contribution in [2.75, 3.05) is 5.88 Å². The van der Waals surface area contributed by atoms with Gasteiger partial charge in [0.25, 0.3) is 0 Å². The Bertz CT molecular complexity index is 498. The Balaban J connectivity index is 3.01. The number of hydrogen-bond acceptors (Lipinski definition) is 2. The van der Waals surface area contributed by atoms with Gasteiger partial charge in [-0.25, -0.2) is 13.6 Å². The molecule has 0 aromatic heterocycles. The zero-order valence-corrected chi connectivity index (χ0v) is 10.7. The van der Waals surface area contributed by atoms with Crippen molar-refractivity contribution in [3.8, 4) is 0 Å². The largest absolute Gasteiger partial charge is 0.239 e. The number of nitrogens with two attached hydrogens (primary N) is 1. The van der Waals surface area contributed by atoms with Crippen LogP contribution < -0.4 is 5.14 Å². The van der Waals surface area contributed by atoms with Gasteiger partial charge in [0.15, 0.2) is 0 Å². The summed E-state index contributed by atoms with van der Waals surface area (Å²) >= 11 is 11.3.